The van der Waals surface area contributed by atoms with Gasteiger partial charge in [-0.3, -0.25) is 14.5 Å². The summed E-state index contributed by atoms with van der Waals surface area (Å²) in [5, 5.41) is 0. The number of hydrogen-bond acceptors (Lipinski definition) is 3. The van der Waals surface area contributed by atoms with E-state index in [1.54, 1.807) is 14.1 Å². The van der Waals surface area contributed by atoms with E-state index in [2.05, 4.69) is 0 Å². The van der Waals surface area contributed by atoms with Gasteiger partial charge in [0.25, 0.3) is 0 Å². The van der Waals surface area contributed by atoms with Crippen LogP contribution in [0.2, 0.25) is 6.82 Å². The molecule has 4 nitrogen and oxygen atoms in total. The minimum Gasteiger partial charge on any atom is -0.311 e. The first-order valence-electron chi connectivity index (χ1n) is 9.26. The summed E-state index contributed by atoms with van der Waals surface area (Å²) in [4.78, 5) is 38.6. The van der Waals surface area contributed by atoms with E-state index in [1.807, 2.05) is 65.8 Å². The molecule has 1 atom stereocenters. The van der Waals surface area contributed by atoms with Gasteiger partial charge in [0, 0.05) is 17.3 Å². The molecule has 2 amide bonds. The van der Waals surface area contributed by atoms with E-state index in [9.17, 15) is 14.4 Å². The molecule has 5 heteroatoms. The van der Waals surface area contributed by atoms with Crippen molar-refractivity contribution < 1.29 is 14.4 Å². The van der Waals surface area contributed by atoms with Crippen molar-refractivity contribution in [1.82, 2.24) is 0 Å². The average Bonchev–Trinajstić information content (AvgIpc) is 2.88. The molecular formula is C21H29BNO3. The zero-order valence-electron chi connectivity index (χ0n) is 16.9. The van der Waals surface area contributed by atoms with Gasteiger partial charge in [-0.2, -0.15) is 0 Å². The van der Waals surface area contributed by atoms with Crippen molar-refractivity contribution in [2.45, 2.75) is 60.2 Å². The summed E-state index contributed by atoms with van der Waals surface area (Å²) < 4.78 is 0. The molecule has 139 valence electrons. The second-order valence-corrected chi connectivity index (χ2v) is 8.57. The van der Waals surface area contributed by atoms with Gasteiger partial charge in [-0.25, -0.2) is 0 Å². The van der Waals surface area contributed by atoms with Gasteiger partial charge in [0.05, 0.1) is 17.3 Å². The van der Waals surface area contributed by atoms with Gasteiger partial charge in [0.2, 0.25) is 11.8 Å². The Morgan fingerprint density at radius 3 is 2.08 bits per heavy atom. The number of carbonyl (C=O) groups is 3. The standard InChI is InChI=1S/C21H29BNO3/c1-13(2)16-12-17(24)23(18(16)25)15-10-8-14(9-11-15)20(3,4)21(5,6)19(26)22-7/h8-11,13,16H,12H2,1-7H3. The topological polar surface area (TPSA) is 54.5 Å². The number of nitrogens with zero attached hydrogens (tertiary/aromatic N) is 1. The molecule has 1 aliphatic rings. The van der Waals surface area contributed by atoms with Crippen LogP contribution in [0.25, 0.3) is 0 Å². The molecule has 1 aromatic rings. The zero-order valence-corrected chi connectivity index (χ0v) is 16.9. The Bertz CT molecular complexity index is 719. The SMILES string of the molecule is C[B]C(=O)C(C)(C)C(C)(C)c1ccc(N2C(=O)CC(C(C)C)C2=O)cc1. The van der Waals surface area contributed by atoms with E-state index in [0.717, 1.165) is 5.56 Å². The number of hydrogen-bond donors (Lipinski definition) is 0. The molecule has 0 spiro atoms. The van der Waals surface area contributed by atoms with Crippen LogP contribution in [0.15, 0.2) is 24.3 Å². The van der Waals surface area contributed by atoms with Gasteiger partial charge in [0.1, 0.15) is 0 Å². The lowest BCUT2D eigenvalue weighted by atomic mass is 9.53. The molecule has 1 aromatic carbocycles. The number of imide groups is 1. The van der Waals surface area contributed by atoms with Crippen LogP contribution in [0.1, 0.15) is 53.5 Å². The summed E-state index contributed by atoms with van der Waals surface area (Å²) in [5.74, 6) is -0.355. The molecule has 0 saturated carbocycles. The predicted molar refractivity (Wildman–Crippen MR) is 105 cm³/mol. The monoisotopic (exact) mass is 354 g/mol. The van der Waals surface area contributed by atoms with Crippen molar-refractivity contribution in [2.75, 3.05) is 4.90 Å². The minimum atomic E-state index is -0.564. The Balaban J connectivity index is 2.33. The van der Waals surface area contributed by atoms with Crippen LogP contribution in [0.4, 0.5) is 5.69 Å². The molecule has 1 heterocycles. The summed E-state index contributed by atoms with van der Waals surface area (Å²) in [5.41, 5.74) is 0.742. The molecule has 1 fully saturated rings. The first-order valence-corrected chi connectivity index (χ1v) is 9.26. The van der Waals surface area contributed by atoms with Crippen LogP contribution in [-0.4, -0.2) is 24.8 Å². The summed E-state index contributed by atoms with van der Waals surface area (Å²) in [6, 6.07) is 7.46. The second kappa shape index (κ2) is 7.01. The summed E-state index contributed by atoms with van der Waals surface area (Å²) in [6.45, 7) is 13.7. The Morgan fingerprint density at radius 1 is 1.12 bits per heavy atom. The Hall–Kier alpha value is -1.91. The van der Waals surface area contributed by atoms with E-state index in [0.29, 0.717) is 5.69 Å². The molecule has 0 N–H and O–H groups in total. The summed E-state index contributed by atoms with van der Waals surface area (Å²) in [7, 11) is 1.61. The fourth-order valence-corrected chi connectivity index (χ4v) is 3.50. The highest BCUT2D eigenvalue weighted by Gasteiger charge is 2.43. The fraction of sp³-hybridized carbons (Fsp3) is 0.571. The van der Waals surface area contributed by atoms with Crippen molar-refractivity contribution >= 4 is 30.5 Å². The number of benzene rings is 1. The van der Waals surface area contributed by atoms with Gasteiger partial charge in [0.15, 0.2) is 7.28 Å². The van der Waals surface area contributed by atoms with Crippen molar-refractivity contribution in [3.63, 3.8) is 0 Å². The van der Waals surface area contributed by atoms with Crippen LogP contribution in [-0.2, 0) is 19.8 Å². The smallest absolute Gasteiger partial charge is 0.237 e. The highest BCUT2D eigenvalue weighted by atomic mass is 16.2. The highest BCUT2D eigenvalue weighted by Crippen LogP contribution is 2.42. The third kappa shape index (κ3) is 3.24. The largest absolute Gasteiger partial charge is 0.311 e. The lowest BCUT2D eigenvalue weighted by molar-refractivity contribution is -0.123. The van der Waals surface area contributed by atoms with Gasteiger partial charge < -0.3 is 4.79 Å². The van der Waals surface area contributed by atoms with E-state index in [4.69, 9.17) is 0 Å². The van der Waals surface area contributed by atoms with E-state index >= 15 is 0 Å². The van der Waals surface area contributed by atoms with Crippen LogP contribution >= 0.6 is 0 Å². The Kier molecular flexibility index (Phi) is 5.50. The van der Waals surface area contributed by atoms with E-state index in [1.165, 1.54) is 4.90 Å². The van der Waals surface area contributed by atoms with Gasteiger partial charge >= 0.3 is 0 Å². The summed E-state index contributed by atoms with van der Waals surface area (Å²) in [6.07, 6.45) is 0.275. The minimum absolute atomic E-state index is 0.0938. The molecular weight excluding hydrogens is 325 g/mol. The third-order valence-electron chi connectivity index (χ3n) is 6.27. The Labute approximate surface area is 157 Å². The van der Waals surface area contributed by atoms with E-state index in [-0.39, 0.29) is 35.8 Å². The number of carbonyl (C=O) groups excluding carboxylic acids is 3. The van der Waals surface area contributed by atoms with Crippen LogP contribution in [0.5, 0.6) is 0 Å². The lowest BCUT2D eigenvalue weighted by Crippen LogP contribution is -2.44. The van der Waals surface area contributed by atoms with Gasteiger partial charge in [-0.15, -0.1) is 0 Å². The first kappa shape index (κ1) is 20.4. The lowest BCUT2D eigenvalue weighted by Gasteiger charge is -2.41. The maximum atomic E-state index is 12.6. The van der Waals surface area contributed by atoms with Gasteiger partial charge in [-0.05, 0) is 23.6 Å². The molecule has 1 radical (unpaired) electrons. The van der Waals surface area contributed by atoms with Crippen molar-refractivity contribution in [3.8, 4) is 0 Å². The molecule has 2 rings (SSSR count). The molecule has 1 saturated heterocycles. The van der Waals surface area contributed by atoms with Crippen LogP contribution in [0.3, 0.4) is 0 Å². The molecule has 26 heavy (non-hydrogen) atoms. The Morgan fingerprint density at radius 2 is 1.65 bits per heavy atom. The maximum absolute atomic E-state index is 12.6. The highest BCUT2D eigenvalue weighted by molar-refractivity contribution is 6.73. The molecule has 0 aliphatic carbocycles. The average molecular weight is 354 g/mol. The third-order valence-corrected chi connectivity index (χ3v) is 6.27. The quantitative estimate of drug-likeness (QED) is 0.577. The maximum Gasteiger partial charge on any atom is 0.237 e. The number of anilines is 1. The molecule has 0 bridgehead atoms. The summed E-state index contributed by atoms with van der Waals surface area (Å²) >= 11 is 0. The normalized spacial score (nSPS) is 18.6. The van der Waals surface area contributed by atoms with Crippen molar-refractivity contribution in [1.29, 1.82) is 0 Å². The van der Waals surface area contributed by atoms with Crippen molar-refractivity contribution in [2.24, 2.45) is 17.3 Å². The van der Waals surface area contributed by atoms with Gasteiger partial charge in [-0.1, -0.05) is 60.5 Å². The second-order valence-electron chi connectivity index (χ2n) is 8.57. The predicted octanol–water partition coefficient (Wildman–Crippen LogP) is 3.80. The number of rotatable bonds is 6. The van der Waals surface area contributed by atoms with Crippen LogP contribution < -0.4 is 4.90 Å². The zero-order chi connectivity index (χ0) is 19.9. The van der Waals surface area contributed by atoms with Crippen LogP contribution in [0, 0.1) is 17.3 Å². The number of amides is 2. The first-order chi connectivity index (χ1) is 11.9. The van der Waals surface area contributed by atoms with Crippen molar-refractivity contribution in [3.05, 3.63) is 29.8 Å². The van der Waals surface area contributed by atoms with E-state index < -0.39 is 10.8 Å². The molecule has 0 aromatic heterocycles. The molecule has 1 unspecified atom stereocenters. The fourth-order valence-electron chi connectivity index (χ4n) is 3.50. The molecule has 1 aliphatic heterocycles.